The van der Waals surface area contributed by atoms with Crippen molar-refractivity contribution in [3.05, 3.63) is 0 Å². The number of methoxy groups -OCH3 is 1. The summed E-state index contributed by atoms with van der Waals surface area (Å²) in [5.41, 5.74) is 5.16. The molecule has 0 unspecified atom stereocenters. The molecule has 0 aromatic rings. The third-order valence-corrected chi connectivity index (χ3v) is 2.32. The Kier molecular flexibility index (Phi) is 7.59. The molecular weight excluding hydrogens is 234 g/mol. The molecule has 0 saturated heterocycles. The number of esters is 2. The molecule has 5 heteroatoms. The van der Waals surface area contributed by atoms with Crippen molar-refractivity contribution in [2.75, 3.05) is 7.11 Å². The zero-order chi connectivity index (χ0) is 14.2. The van der Waals surface area contributed by atoms with Gasteiger partial charge < -0.3 is 15.2 Å². The molecule has 0 spiro atoms. The van der Waals surface area contributed by atoms with E-state index in [0.29, 0.717) is 12.8 Å². The average molecular weight is 259 g/mol. The predicted octanol–water partition coefficient (Wildman–Crippen LogP) is 1.78. The van der Waals surface area contributed by atoms with Crippen LogP contribution in [0.1, 0.15) is 52.9 Å². The standard InChI is InChI=1S/C13H25NO4/c1-13(2,3)18-11(15)9-7-5-6-8-10(14)12(16)17-4/h10H,5-9,14H2,1-4H3/t10-/m0/s1. The van der Waals surface area contributed by atoms with Gasteiger partial charge in [0, 0.05) is 6.42 Å². The van der Waals surface area contributed by atoms with Crippen LogP contribution in [-0.4, -0.2) is 30.7 Å². The first-order valence-corrected chi connectivity index (χ1v) is 6.31. The van der Waals surface area contributed by atoms with Gasteiger partial charge in [0.15, 0.2) is 0 Å². The smallest absolute Gasteiger partial charge is 0.322 e. The van der Waals surface area contributed by atoms with Gasteiger partial charge in [0.2, 0.25) is 0 Å². The highest BCUT2D eigenvalue weighted by molar-refractivity contribution is 5.75. The lowest BCUT2D eigenvalue weighted by molar-refractivity contribution is -0.155. The summed E-state index contributed by atoms with van der Waals surface area (Å²) in [6.45, 7) is 5.54. The van der Waals surface area contributed by atoms with Crippen LogP contribution in [0, 0.1) is 0 Å². The number of unbranched alkanes of at least 4 members (excludes halogenated alkanes) is 2. The van der Waals surface area contributed by atoms with Gasteiger partial charge in [-0.1, -0.05) is 12.8 Å². The largest absolute Gasteiger partial charge is 0.468 e. The number of carbonyl (C=O) groups is 2. The Balaban J connectivity index is 3.57. The van der Waals surface area contributed by atoms with Crippen LogP contribution in [0.15, 0.2) is 0 Å². The van der Waals surface area contributed by atoms with E-state index in [2.05, 4.69) is 4.74 Å². The van der Waals surface area contributed by atoms with Crippen LogP contribution in [0.3, 0.4) is 0 Å². The summed E-state index contributed by atoms with van der Waals surface area (Å²) in [6, 6.07) is -0.559. The fraction of sp³-hybridized carbons (Fsp3) is 0.846. The Morgan fingerprint density at radius 2 is 1.78 bits per heavy atom. The Labute approximate surface area is 109 Å². The summed E-state index contributed by atoms with van der Waals surface area (Å²) in [4.78, 5) is 22.4. The van der Waals surface area contributed by atoms with E-state index in [4.69, 9.17) is 10.5 Å². The van der Waals surface area contributed by atoms with Crippen molar-refractivity contribution in [3.63, 3.8) is 0 Å². The maximum atomic E-state index is 11.4. The molecular formula is C13H25NO4. The topological polar surface area (TPSA) is 78.6 Å². The minimum atomic E-state index is -0.559. The molecule has 0 aromatic carbocycles. The molecule has 0 bridgehead atoms. The Hall–Kier alpha value is -1.10. The SMILES string of the molecule is COC(=O)[C@@H](N)CCCCCC(=O)OC(C)(C)C. The molecule has 0 heterocycles. The summed E-state index contributed by atoms with van der Waals surface area (Å²) in [7, 11) is 1.32. The number of ether oxygens (including phenoxy) is 2. The third kappa shape index (κ3) is 8.98. The molecule has 0 aliphatic heterocycles. The van der Waals surface area contributed by atoms with Crippen LogP contribution < -0.4 is 5.73 Å². The molecule has 106 valence electrons. The Morgan fingerprint density at radius 1 is 1.17 bits per heavy atom. The second kappa shape index (κ2) is 8.08. The zero-order valence-corrected chi connectivity index (χ0v) is 11.8. The molecule has 0 fully saturated rings. The van der Waals surface area contributed by atoms with Crippen molar-refractivity contribution in [3.8, 4) is 0 Å². The first-order chi connectivity index (χ1) is 8.26. The average Bonchev–Trinajstić information content (AvgIpc) is 2.24. The lowest BCUT2D eigenvalue weighted by atomic mass is 10.1. The molecule has 0 aliphatic carbocycles. The minimum absolute atomic E-state index is 0.181. The van der Waals surface area contributed by atoms with Crippen molar-refractivity contribution in [1.82, 2.24) is 0 Å². The van der Waals surface area contributed by atoms with Gasteiger partial charge in [-0.3, -0.25) is 9.59 Å². The first-order valence-electron chi connectivity index (χ1n) is 6.31. The van der Waals surface area contributed by atoms with E-state index in [-0.39, 0.29) is 11.9 Å². The maximum Gasteiger partial charge on any atom is 0.322 e. The molecule has 0 amide bonds. The summed E-state index contributed by atoms with van der Waals surface area (Å²) >= 11 is 0. The quantitative estimate of drug-likeness (QED) is 0.557. The summed E-state index contributed by atoms with van der Waals surface area (Å²) < 4.78 is 9.71. The summed E-state index contributed by atoms with van der Waals surface area (Å²) in [5, 5.41) is 0. The van der Waals surface area contributed by atoms with Crippen molar-refractivity contribution >= 4 is 11.9 Å². The van der Waals surface area contributed by atoms with E-state index in [9.17, 15) is 9.59 Å². The van der Waals surface area contributed by atoms with Crippen LogP contribution in [0.4, 0.5) is 0 Å². The van der Waals surface area contributed by atoms with Gasteiger partial charge in [-0.2, -0.15) is 0 Å². The van der Waals surface area contributed by atoms with Gasteiger partial charge in [-0.25, -0.2) is 0 Å². The van der Waals surface area contributed by atoms with Crippen molar-refractivity contribution in [1.29, 1.82) is 0 Å². The van der Waals surface area contributed by atoms with Crippen LogP contribution in [0.25, 0.3) is 0 Å². The van der Waals surface area contributed by atoms with Crippen molar-refractivity contribution in [2.45, 2.75) is 64.5 Å². The van der Waals surface area contributed by atoms with E-state index >= 15 is 0 Å². The van der Waals surface area contributed by atoms with Gasteiger partial charge in [-0.15, -0.1) is 0 Å². The number of carbonyl (C=O) groups excluding carboxylic acids is 2. The molecule has 1 atom stereocenters. The molecule has 0 aliphatic rings. The predicted molar refractivity (Wildman–Crippen MR) is 68.9 cm³/mol. The van der Waals surface area contributed by atoms with E-state index in [0.717, 1.165) is 19.3 Å². The highest BCUT2D eigenvalue weighted by Crippen LogP contribution is 2.11. The summed E-state index contributed by atoms with van der Waals surface area (Å²) in [6.07, 6.45) is 3.40. The number of nitrogens with two attached hydrogens (primary N) is 1. The molecule has 18 heavy (non-hydrogen) atoms. The van der Waals surface area contributed by atoms with E-state index in [1.54, 1.807) is 0 Å². The maximum absolute atomic E-state index is 11.4. The Bertz CT molecular complexity index is 271. The van der Waals surface area contributed by atoms with E-state index < -0.39 is 11.6 Å². The van der Waals surface area contributed by atoms with Gasteiger partial charge in [0.05, 0.1) is 7.11 Å². The highest BCUT2D eigenvalue weighted by Gasteiger charge is 2.16. The molecule has 0 rings (SSSR count). The Morgan fingerprint density at radius 3 is 2.28 bits per heavy atom. The highest BCUT2D eigenvalue weighted by atomic mass is 16.6. The molecule has 0 radical (unpaired) electrons. The lowest BCUT2D eigenvalue weighted by Gasteiger charge is -2.19. The van der Waals surface area contributed by atoms with E-state index in [1.807, 2.05) is 20.8 Å². The number of rotatable bonds is 7. The number of hydrogen-bond donors (Lipinski definition) is 1. The normalized spacial score (nSPS) is 12.9. The third-order valence-electron chi connectivity index (χ3n) is 2.32. The van der Waals surface area contributed by atoms with Gasteiger partial charge in [-0.05, 0) is 33.6 Å². The monoisotopic (exact) mass is 259 g/mol. The molecule has 2 N–H and O–H groups in total. The second-order valence-corrected chi connectivity index (χ2v) is 5.32. The lowest BCUT2D eigenvalue weighted by Crippen LogP contribution is -2.31. The fourth-order valence-electron chi connectivity index (χ4n) is 1.47. The van der Waals surface area contributed by atoms with Gasteiger partial charge in [0.25, 0.3) is 0 Å². The zero-order valence-electron chi connectivity index (χ0n) is 11.8. The van der Waals surface area contributed by atoms with Gasteiger partial charge in [0.1, 0.15) is 11.6 Å². The van der Waals surface area contributed by atoms with Gasteiger partial charge >= 0.3 is 11.9 Å². The summed E-state index contributed by atoms with van der Waals surface area (Å²) in [5.74, 6) is -0.568. The number of hydrogen-bond acceptors (Lipinski definition) is 5. The van der Waals surface area contributed by atoms with Crippen LogP contribution >= 0.6 is 0 Å². The van der Waals surface area contributed by atoms with Crippen LogP contribution in [0.2, 0.25) is 0 Å². The van der Waals surface area contributed by atoms with E-state index in [1.165, 1.54) is 7.11 Å². The first kappa shape index (κ1) is 16.9. The van der Waals surface area contributed by atoms with Crippen molar-refractivity contribution in [2.24, 2.45) is 5.73 Å². The second-order valence-electron chi connectivity index (χ2n) is 5.32. The molecule has 0 aromatic heterocycles. The minimum Gasteiger partial charge on any atom is -0.468 e. The van der Waals surface area contributed by atoms with Crippen LogP contribution in [0.5, 0.6) is 0 Å². The molecule has 5 nitrogen and oxygen atoms in total. The molecule has 0 saturated carbocycles. The fourth-order valence-corrected chi connectivity index (χ4v) is 1.47. The van der Waals surface area contributed by atoms with Crippen LogP contribution in [-0.2, 0) is 19.1 Å². The van der Waals surface area contributed by atoms with Crippen molar-refractivity contribution < 1.29 is 19.1 Å².